The molecule has 0 aromatic carbocycles. The number of piperidine rings is 1. The number of thiophene rings is 2. The van der Waals surface area contributed by atoms with Gasteiger partial charge in [0, 0.05) is 78.6 Å². The second kappa shape index (κ2) is 22.6. The molecule has 2 amide bonds. The first-order valence-electron chi connectivity index (χ1n) is 18.6. The summed E-state index contributed by atoms with van der Waals surface area (Å²) in [5, 5.41) is 24.3. The van der Waals surface area contributed by atoms with Gasteiger partial charge in [-0.3, -0.25) is 19.2 Å². The molecule has 1 fully saturated rings. The highest BCUT2D eigenvalue weighted by Crippen LogP contribution is 2.35. The monoisotopic (exact) mass is 786 g/mol. The smallest absolute Gasteiger partial charge is 0.310 e. The normalized spacial score (nSPS) is 14.5. The van der Waals surface area contributed by atoms with E-state index in [9.17, 15) is 19.2 Å². The maximum Gasteiger partial charge on any atom is 0.310 e. The van der Waals surface area contributed by atoms with Gasteiger partial charge in [0.05, 0.1) is 24.6 Å². The van der Waals surface area contributed by atoms with Gasteiger partial charge in [-0.1, -0.05) is 18.2 Å². The number of nitrogens with zero attached hydrogens (tertiary/aromatic N) is 5. The molecule has 1 saturated heterocycles. The van der Waals surface area contributed by atoms with E-state index in [0.717, 1.165) is 38.0 Å². The van der Waals surface area contributed by atoms with E-state index in [4.69, 9.17) is 9.84 Å². The number of ether oxygens (including phenoxy) is 1. The molecule has 4 heterocycles. The van der Waals surface area contributed by atoms with Gasteiger partial charge in [0.25, 0.3) is 0 Å². The lowest BCUT2D eigenvalue weighted by molar-refractivity contribution is -0.150. The molecule has 2 N–H and O–H groups in total. The SMILES string of the molecule is CCC(=O)N(CCNC(=O)CCCc1cn(CCOC(=O)[C@@H]2CCCN(CCC=C(c3sccc3C)c3sccc3C)C2)nn1)CCSCCC(=O)O. The predicted molar refractivity (Wildman–Crippen MR) is 212 cm³/mol. The van der Waals surface area contributed by atoms with Crippen LogP contribution >= 0.6 is 34.4 Å². The van der Waals surface area contributed by atoms with Gasteiger partial charge in [-0.15, -0.1) is 27.8 Å². The van der Waals surface area contributed by atoms with Crippen LogP contribution in [0.4, 0.5) is 0 Å². The fourth-order valence-corrected chi connectivity index (χ4v) is 9.10. The van der Waals surface area contributed by atoms with Gasteiger partial charge in [-0.25, -0.2) is 4.68 Å². The number of aliphatic carboxylic acids is 1. The molecule has 0 radical (unpaired) electrons. The molecule has 1 atom stereocenters. The van der Waals surface area contributed by atoms with Crippen LogP contribution in [0.25, 0.3) is 5.57 Å². The van der Waals surface area contributed by atoms with E-state index in [1.165, 1.54) is 38.2 Å². The van der Waals surface area contributed by atoms with Crippen LogP contribution in [0.1, 0.15) is 78.4 Å². The van der Waals surface area contributed by atoms with Crippen LogP contribution < -0.4 is 5.32 Å². The zero-order valence-electron chi connectivity index (χ0n) is 31.2. The van der Waals surface area contributed by atoms with Crippen LogP contribution in [-0.2, 0) is 36.9 Å². The molecule has 0 saturated carbocycles. The van der Waals surface area contributed by atoms with Crippen molar-refractivity contribution in [2.75, 3.05) is 57.4 Å². The summed E-state index contributed by atoms with van der Waals surface area (Å²) >= 11 is 5.09. The fourth-order valence-electron chi connectivity index (χ4n) is 6.22. The van der Waals surface area contributed by atoms with Crippen molar-refractivity contribution >= 4 is 63.8 Å². The summed E-state index contributed by atoms with van der Waals surface area (Å²) in [6.07, 6.45) is 8.93. The molecule has 0 bridgehead atoms. The maximum atomic E-state index is 13.0. The van der Waals surface area contributed by atoms with E-state index in [2.05, 4.69) is 63.3 Å². The minimum Gasteiger partial charge on any atom is -0.481 e. The third-order valence-electron chi connectivity index (χ3n) is 9.16. The molecular weight excluding hydrogens is 733 g/mol. The van der Waals surface area contributed by atoms with Crippen molar-refractivity contribution in [2.45, 2.75) is 78.7 Å². The number of carboxylic acids is 1. The first kappa shape index (κ1) is 42.2. The lowest BCUT2D eigenvalue weighted by Gasteiger charge is -2.31. The molecule has 0 spiro atoms. The molecule has 1 aliphatic rings. The highest BCUT2D eigenvalue weighted by atomic mass is 32.2. The highest BCUT2D eigenvalue weighted by molar-refractivity contribution is 7.99. The molecule has 12 nitrogen and oxygen atoms in total. The number of rotatable bonds is 23. The van der Waals surface area contributed by atoms with E-state index < -0.39 is 5.97 Å². The molecule has 0 aliphatic carbocycles. The first-order valence-corrected chi connectivity index (χ1v) is 21.5. The number of hydrogen-bond donors (Lipinski definition) is 2. The number of esters is 1. The standard InChI is InChI=1S/C38H54N6O6S3/c1-4-34(46)43(20-25-51-22-14-35(47)48)18-15-39-33(45)11-5-9-31-27-44(41-40-31)19-21-50-38(49)30-8-6-16-42(26-30)17-7-10-32(36-28(2)12-23-52-36)37-29(3)13-24-53-37/h10,12-13,23-24,27,30H,4-9,11,14-22,25-26H2,1-3H3,(H,39,45)(H,47,48)/t30-/m1/s1. The van der Waals surface area contributed by atoms with Crippen LogP contribution in [0, 0.1) is 19.8 Å². The minimum atomic E-state index is -0.829. The Morgan fingerprint density at radius 3 is 2.51 bits per heavy atom. The maximum absolute atomic E-state index is 13.0. The van der Waals surface area contributed by atoms with Gasteiger partial charge in [0.2, 0.25) is 11.8 Å². The number of carbonyl (C=O) groups is 4. The summed E-state index contributed by atoms with van der Waals surface area (Å²) in [5.74, 6) is -0.0321. The van der Waals surface area contributed by atoms with Crippen LogP contribution in [0.2, 0.25) is 0 Å². The zero-order valence-corrected chi connectivity index (χ0v) is 33.7. The van der Waals surface area contributed by atoms with Crippen molar-refractivity contribution in [3.05, 3.63) is 61.7 Å². The van der Waals surface area contributed by atoms with Gasteiger partial charge in [0.1, 0.15) is 6.61 Å². The number of amides is 2. The number of likely N-dealkylation sites (tertiary alicyclic amines) is 1. The fraction of sp³-hybridized carbons (Fsp3) is 0.579. The van der Waals surface area contributed by atoms with Crippen LogP contribution in [0.15, 0.2) is 35.2 Å². The van der Waals surface area contributed by atoms with Crippen molar-refractivity contribution in [3.8, 4) is 0 Å². The van der Waals surface area contributed by atoms with E-state index >= 15 is 0 Å². The molecule has 53 heavy (non-hydrogen) atoms. The van der Waals surface area contributed by atoms with Crippen LogP contribution in [0.3, 0.4) is 0 Å². The summed E-state index contributed by atoms with van der Waals surface area (Å²) in [6.45, 7) is 10.7. The number of carbonyl (C=O) groups excluding carboxylic acids is 3. The minimum absolute atomic E-state index is 0.00905. The zero-order chi connectivity index (χ0) is 38.0. The molecule has 4 rings (SSSR count). The van der Waals surface area contributed by atoms with Crippen molar-refractivity contribution < 1.29 is 29.0 Å². The third kappa shape index (κ3) is 14.3. The summed E-state index contributed by atoms with van der Waals surface area (Å²) in [5.41, 5.74) is 4.70. The Morgan fingerprint density at radius 2 is 1.83 bits per heavy atom. The van der Waals surface area contributed by atoms with E-state index in [1.807, 2.05) is 6.20 Å². The van der Waals surface area contributed by atoms with Crippen LogP contribution in [0.5, 0.6) is 0 Å². The lowest BCUT2D eigenvalue weighted by Crippen LogP contribution is -2.39. The second-order valence-corrected chi connectivity index (χ2v) is 16.3. The van der Waals surface area contributed by atoms with Gasteiger partial charge in [-0.05, 0) is 86.5 Å². The van der Waals surface area contributed by atoms with E-state index in [1.54, 1.807) is 39.2 Å². The largest absolute Gasteiger partial charge is 0.481 e. The molecule has 1 aliphatic heterocycles. The Kier molecular flexibility index (Phi) is 18.0. The third-order valence-corrected chi connectivity index (χ3v) is 12.2. The topological polar surface area (TPSA) is 147 Å². The molecule has 290 valence electrons. The quantitative estimate of drug-likeness (QED) is 0.0910. The Morgan fingerprint density at radius 1 is 1.08 bits per heavy atom. The van der Waals surface area contributed by atoms with E-state index in [0.29, 0.717) is 69.9 Å². The van der Waals surface area contributed by atoms with Crippen molar-refractivity contribution in [3.63, 3.8) is 0 Å². The van der Waals surface area contributed by atoms with E-state index in [-0.39, 0.29) is 36.7 Å². The van der Waals surface area contributed by atoms with Gasteiger partial charge in [0.15, 0.2) is 0 Å². The second-order valence-electron chi connectivity index (χ2n) is 13.2. The van der Waals surface area contributed by atoms with Crippen molar-refractivity contribution in [1.29, 1.82) is 0 Å². The van der Waals surface area contributed by atoms with Crippen LogP contribution in [-0.4, -0.2) is 111 Å². The number of aromatic nitrogens is 3. The van der Waals surface area contributed by atoms with Crippen molar-refractivity contribution in [2.24, 2.45) is 5.92 Å². The number of hydrogen-bond acceptors (Lipinski definition) is 11. The highest BCUT2D eigenvalue weighted by Gasteiger charge is 2.27. The Bertz CT molecular complexity index is 1610. The molecular formula is C38H54N6O6S3. The molecule has 3 aromatic heterocycles. The molecule has 0 unspecified atom stereocenters. The van der Waals surface area contributed by atoms with Crippen molar-refractivity contribution in [1.82, 2.24) is 30.1 Å². The first-order chi connectivity index (χ1) is 25.6. The van der Waals surface area contributed by atoms with Gasteiger partial charge >= 0.3 is 11.9 Å². The summed E-state index contributed by atoms with van der Waals surface area (Å²) in [7, 11) is 0. The summed E-state index contributed by atoms with van der Waals surface area (Å²) in [6, 6.07) is 4.36. The summed E-state index contributed by atoms with van der Waals surface area (Å²) in [4.78, 5) is 55.1. The average Bonchev–Trinajstić information content (AvgIpc) is 3.90. The van der Waals surface area contributed by atoms with Gasteiger partial charge in [-0.2, -0.15) is 11.8 Å². The number of thioether (sulfide) groups is 1. The number of carboxylic acid groups (broad SMARTS) is 1. The average molecular weight is 787 g/mol. The molecule has 3 aromatic rings. The van der Waals surface area contributed by atoms with Gasteiger partial charge < -0.3 is 25.0 Å². The molecule has 15 heteroatoms. The number of nitrogens with one attached hydrogen (secondary N) is 1. The number of aryl methyl sites for hydroxylation is 3. The Balaban J connectivity index is 1.10. The predicted octanol–water partition coefficient (Wildman–Crippen LogP) is 5.68. The lowest BCUT2D eigenvalue weighted by atomic mass is 9.98. The summed E-state index contributed by atoms with van der Waals surface area (Å²) < 4.78 is 7.35. The Labute approximate surface area is 325 Å². The Hall–Kier alpha value is -3.53.